The van der Waals surface area contributed by atoms with E-state index in [0.717, 1.165) is 4.47 Å². The van der Waals surface area contributed by atoms with E-state index in [1.807, 2.05) is 12.1 Å². The highest BCUT2D eigenvalue weighted by atomic mass is 79.9. The molecular formula is C16H20BrNO5S. The summed E-state index contributed by atoms with van der Waals surface area (Å²) in [6.07, 6.45) is 0.641. The van der Waals surface area contributed by atoms with Crippen LogP contribution in [0, 0.1) is 0 Å². The number of thiol groups is 1. The summed E-state index contributed by atoms with van der Waals surface area (Å²) in [4.78, 5) is 33.5. The topological polar surface area (TPSA) is 72.9 Å². The van der Waals surface area contributed by atoms with Crippen molar-refractivity contribution in [3.63, 3.8) is 0 Å². The van der Waals surface area contributed by atoms with Crippen LogP contribution < -0.4 is 4.90 Å². The number of halogens is 1. The van der Waals surface area contributed by atoms with Gasteiger partial charge in [-0.25, -0.2) is 4.79 Å². The molecule has 0 radical (unpaired) electrons. The Morgan fingerprint density at radius 2 is 1.96 bits per heavy atom. The molecule has 0 saturated carbocycles. The van der Waals surface area contributed by atoms with E-state index in [-0.39, 0.29) is 12.5 Å². The van der Waals surface area contributed by atoms with E-state index in [2.05, 4.69) is 33.3 Å². The van der Waals surface area contributed by atoms with Gasteiger partial charge in [0, 0.05) is 16.6 Å². The van der Waals surface area contributed by atoms with Crippen molar-refractivity contribution >= 4 is 52.6 Å². The van der Waals surface area contributed by atoms with Crippen LogP contribution in [-0.4, -0.2) is 36.4 Å². The fraction of sp³-hybridized carbons (Fsp3) is 0.438. The summed E-state index contributed by atoms with van der Waals surface area (Å²) in [5.41, 5.74) is 0.647. The SMILES string of the molecule is CCOC(=O)C1(S)CCC(=O)N1c1ccc(Br)cc1.CCOC=O. The number of carbonyl (C=O) groups excluding carboxylic acids is 3. The van der Waals surface area contributed by atoms with Gasteiger partial charge < -0.3 is 9.47 Å². The molecule has 1 aromatic rings. The molecule has 1 aromatic carbocycles. The van der Waals surface area contributed by atoms with Gasteiger partial charge in [-0.3, -0.25) is 14.5 Å². The van der Waals surface area contributed by atoms with Gasteiger partial charge in [0.25, 0.3) is 6.47 Å². The average molecular weight is 418 g/mol. The van der Waals surface area contributed by atoms with Crippen LogP contribution in [0.25, 0.3) is 0 Å². The van der Waals surface area contributed by atoms with Crippen molar-refractivity contribution in [2.45, 2.75) is 31.6 Å². The molecule has 0 spiro atoms. The van der Waals surface area contributed by atoms with Crippen molar-refractivity contribution < 1.29 is 23.9 Å². The van der Waals surface area contributed by atoms with Gasteiger partial charge in [0.15, 0.2) is 4.87 Å². The van der Waals surface area contributed by atoms with E-state index in [1.165, 1.54) is 4.90 Å². The van der Waals surface area contributed by atoms with Gasteiger partial charge in [-0.15, -0.1) is 12.6 Å². The van der Waals surface area contributed by atoms with E-state index in [0.29, 0.717) is 31.6 Å². The number of anilines is 1. The molecule has 8 heteroatoms. The average Bonchev–Trinajstić information content (AvgIpc) is 2.87. The molecule has 1 heterocycles. The van der Waals surface area contributed by atoms with Gasteiger partial charge in [0.1, 0.15) is 0 Å². The number of amides is 1. The zero-order chi connectivity index (χ0) is 18.2. The minimum Gasteiger partial charge on any atom is -0.468 e. The molecule has 0 aromatic heterocycles. The van der Waals surface area contributed by atoms with Gasteiger partial charge in [-0.1, -0.05) is 15.9 Å². The molecule has 1 amide bonds. The summed E-state index contributed by atoms with van der Waals surface area (Å²) in [5, 5.41) is 0. The first-order valence-electron chi connectivity index (χ1n) is 7.44. The van der Waals surface area contributed by atoms with Crippen molar-refractivity contribution in [3.05, 3.63) is 28.7 Å². The van der Waals surface area contributed by atoms with Crippen LogP contribution in [-0.2, 0) is 23.9 Å². The maximum atomic E-state index is 12.1. The first-order chi connectivity index (χ1) is 11.4. The molecule has 1 fully saturated rings. The summed E-state index contributed by atoms with van der Waals surface area (Å²) in [6, 6.07) is 7.19. The fourth-order valence-electron chi connectivity index (χ4n) is 2.17. The second-order valence-electron chi connectivity index (χ2n) is 4.79. The lowest BCUT2D eigenvalue weighted by atomic mass is 10.2. The number of carbonyl (C=O) groups is 3. The van der Waals surface area contributed by atoms with Crippen LogP contribution in [0.5, 0.6) is 0 Å². The first kappa shape index (κ1) is 20.5. The normalized spacial score (nSPS) is 19.3. The number of hydrogen-bond donors (Lipinski definition) is 1. The molecule has 0 bridgehead atoms. The number of hydrogen-bond acceptors (Lipinski definition) is 6. The first-order valence-corrected chi connectivity index (χ1v) is 8.68. The maximum Gasteiger partial charge on any atom is 0.342 e. The van der Waals surface area contributed by atoms with E-state index in [9.17, 15) is 14.4 Å². The Morgan fingerprint density at radius 1 is 1.33 bits per heavy atom. The summed E-state index contributed by atoms with van der Waals surface area (Å²) in [7, 11) is 0. The Balaban J connectivity index is 0.000000505. The van der Waals surface area contributed by atoms with Crippen LogP contribution >= 0.6 is 28.6 Å². The lowest BCUT2D eigenvalue weighted by Gasteiger charge is -2.31. The van der Waals surface area contributed by atoms with Crippen molar-refractivity contribution in [2.75, 3.05) is 18.1 Å². The summed E-state index contributed by atoms with van der Waals surface area (Å²) >= 11 is 7.76. The minimum absolute atomic E-state index is 0.120. The fourth-order valence-corrected chi connectivity index (χ4v) is 2.83. The number of nitrogens with zero attached hydrogens (tertiary/aromatic N) is 1. The standard InChI is InChI=1S/C13H14BrNO3S.C3H6O2/c1-2-18-12(17)13(19)8-7-11(16)15(13)10-5-3-9(14)4-6-10;1-2-5-3-4/h3-6,19H,2,7-8H2,1H3;3H,2H2,1H3. The zero-order valence-electron chi connectivity index (χ0n) is 13.5. The van der Waals surface area contributed by atoms with Crippen LogP contribution in [0.15, 0.2) is 28.7 Å². The molecule has 1 atom stereocenters. The number of benzene rings is 1. The third-order valence-corrected chi connectivity index (χ3v) is 4.36. The number of ether oxygens (including phenoxy) is 2. The Hall–Kier alpha value is -1.54. The third kappa shape index (κ3) is 4.98. The van der Waals surface area contributed by atoms with E-state index >= 15 is 0 Å². The van der Waals surface area contributed by atoms with Crippen molar-refractivity contribution in [1.82, 2.24) is 0 Å². The molecule has 6 nitrogen and oxygen atoms in total. The molecule has 1 aliphatic heterocycles. The molecule has 1 aliphatic rings. The molecule has 0 N–H and O–H groups in total. The van der Waals surface area contributed by atoms with Crippen LogP contribution in [0.3, 0.4) is 0 Å². The quantitative estimate of drug-likeness (QED) is 0.452. The molecular weight excluding hydrogens is 398 g/mol. The van der Waals surface area contributed by atoms with Gasteiger partial charge in [0.05, 0.1) is 13.2 Å². The second-order valence-corrected chi connectivity index (χ2v) is 6.45. The zero-order valence-corrected chi connectivity index (χ0v) is 16.0. The Labute approximate surface area is 155 Å². The molecule has 2 rings (SSSR count). The van der Waals surface area contributed by atoms with Gasteiger partial charge in [-0.05, 0) is 44.5 Å². The van der Waals surface area contributed by atoms with Crippen molar-refractivity contribution in [2.24, 2.45) is 0 Å². The van der Waals surface area contributed by atoms with Gasteiger partial charge in [-0.2, -0.15) is 0 Å². The van der Waals surface area contributed by atoms with E-state index < -0.39 is 10.8 Å². The smallest absolute Gasteiger partial charge is 0.342 e. The lowest BCUT2D eigenvalue weighted by Crippen LogP contribution is -2.48. The highest BCUT2D eigenvalue weighted by molar-refractivity contribution is 9.10. The van der Waals surface area contributed by atoms with Gasteiger partial charge >= 0.3 is 5.97 Å². The Morgan fingerprint density at radius 3 is 2.42 bits per heavy atom. The molecule has 1 unspecified atom stereocenters. The summed E-state index contributed by atoms with van der Waals surface area (Å²) in [5.74, 6) is -0.600. The predicted molar refractivity (Wildman–Crippen MR) is 96.9 cm³/mol. The molecule has 1 saturated heterocycles. The largest absolute Gasteiger partial charge is 0.468 e. The number of rotatable bonds is 5. The summed E-state index contributed by atoms with van der Waals surface area (Å²) in [6.45, 7) is 4.66. The van der Waals surface area contributed by atoms with E-state index in [4.69, 9.17) is 4.74 Å². The van der Waals surface area contributed by atoms with Gasteiger partial charge in [0.2, 0.25) is 5.91 Å². The van der Waals surface area contributed by atoms with Crippen LogP contribution in [0.4, 0.5) is 5.69 Å². The monoisotopic (exact) mass is 417 g/mol. The number of esters is 1. The lowest BCUT2D eigenvalue weighted by molar-refractivity contribution is -0.146. The molecule has 0 aliphatic carbocycles. The summed E-state index contributed by atoms with van der Waals surface area (Å²) < 4.78 is 10.1. The molecule has 132 valence electrons. The van der Waals surface area contributed by atoms with E-state index in [1.54, 1.807) is 26.0 Å². The Kier molecular flexibility index (Phi) is 8.27. The molecule has 24 heavy (non-hydrogen) atoms. The minimum atomic E-state index is -1.21. The second kappa shape index (κ2) is 9.68. The maximum absolute atomic E-state index is 12.1. The highest BCUT2D eigenvalue weighted by Crippen LogP contribution is 2.39. The predicted octanol–water partition coefficient (Wildman–Crippen LogP) is 2.94. The van der Waals surface area contributed by atoms with Crippen molar-refractivity contribution in [3.8, 4) is 0 Å². The Bertz CT molecular complexity index is 580. The van der Waals surface area contributed by atoms with Crippen molar-refractivity contribution in [1.29, 1.82) is 0 Å². The third-order valence-electron chi connectivity index (χ3n) is 3.23. The van der Waals surface area contributed by atoms with Crippen LogP contribution in [0.2, 0.25) is 0 Å². The van der Waals surface area contributed by atoms with Crippen LogP contribution in [0.1, 0.15) is 26.7 Å². The highest BCUT2D eigenvalue weighted by Gasteiger charge is 2.50.